The molecule has 0 spiro atoms. The maximum absolute atomic E-state index is 13.0. The van der Waals surface area contributed by atoms with Crippen molar-refractivity contribution in [3.63, 3.8) is 0 Å². The van der Waals surface area contributed by atoms with Crippen molar-refractivity contribution in [1.82, 2.24) is 4.90 Å². The summed E-state index contributed by atoms with van der Waals surface area (Å²) in [6.07, 6.45) is 0.923. The molecule has 0 aromatic heterocycles. The number of hydrogen-bond donors (Lipinski definition) is 1. The summed E-state index contributed by atoms with van der Waals surface area (Å²) < 4.78 is 5.52. The van der Waals surface area contributed by atoms with Crippen molar-refractivity contribution in [3.05, 3.63) is 64.2 Å². The molecule has 8 nitrogen and oxygen atoms in total. The molecule has 30 heavy (non-hydrogen) atoms. The van der Waals surface area contributed by atoms with E-state index in [9.17, 15) is 19.7 Å². The summed E-state index contributed by atoms with van der Waals surface area (Å²) in [6, 6.07) is 12.7. The first-order valence-electron chi connectivity index (χ1n) is 9.96. The zero-order chi connectivity index (χ0) is 21.7. The number of rotatable bonds is 6. The number of amides is 2. The van der Waals surface area contributed by atoms with E-state index in [2.05, 4.69) is 12.2 Å². The number of carbonyl (C=O) groups excluding carboxylic acids is 2. The third-order valence-electron chi connectivity index (χ3n) is 5.22. The van der Waals surface area contributed by atoms with Gasteiger partial charge in [-0.15, -0.1) is 0 Å². The predicted molar refractivity (Wildman–Crippen MR) is 113 cm³/mol. The number of nitrogens with zero attached hydrogens (tertiary/aromatic N) is 2. The lowest BCUT2D eigenvalue weighted by atomic mass is 9.98. The first-order valence-corrected chi connectivity index (χ1v) is 9.96. The number of nitro groups is 1. The molecule has 0 unspecified atom stereocenters. The number of ether oxygens (including phenoxy) is 1. The molecular weight excluding hydrogens is 386 g/mol. The smallest absolute Gasteiger partial charge is 0.310 e. The number of hydrogen-bond acceptors (Lipinski definition) is 5. The second-order valence-corrected chi connectivity index (χ2v) is 7.49. The Kier molecular flexibility index (Phi) is 6.66. The van der Waals surface area contributed by atoms with Crippen LogP contribution in [-0.4, -0.2) is 40.8 Å². The molecule has 3 rings (SSSR count). The van der Waals surface area contributed by atoms with Gasteiger partial charge in [0, 0.05) is 19.2 Å². The standard InChI is InChI=1S/C22H25N3O5/c1-15-11-13-24(14-12-15)22(27)17-7-3-4-8-18(17)23-21(26)16(2)30-20-10-6-5-9-19(20)25(28)29/h3-10,15-16H,11-14H2,1-2H3,(H,23,26)/t16-/m0/s1. The molecule has 2 amide bonds. The average molecular weight is 411 g/mol. The third kappa shape index (κ3) is 4.94. The van der Waals surface area contributed by atoms with Crippen LogP contribution >= 0.6 is 0 Å². The van der Waals surface area contributed by atoms with Crippen molar-refractivity contribution in [2.24, 2.45) is 5.92 Å². The monoisotopic (exact) mass is 411 g/mol. The molecule has 1 atom stereocenters. The van der Waals surface area contributed by atoms with Crippen LogP contribution in [0.2, 0.25) is 0 Å². The summed E-state index contributed by atoms with van der Waals surface area (Å²) >= 11 is 0. The van der Waals surface area contributed by atoms with Gasteiger partial charge in [-0.1, -0.05) is 31.2 Å². The van der Waals surface area contributed by atoms with E-state index >= 15 is 0 Å². The summed E-state index contributed by atoms with van der Waals surface area (Å²) in [6.45, 7) is 5.07. The van der Waals surface area contributed by atoms with Crippen LogP contribution in [0.3, 0.4) is 0 Å². The number of nitrogens with one attached hydrogen (secondary N) is 1. The fraction of sp³-hybridized carbons (Fsp3) is 0.364. The van der Waals surface area contributed by atoms with Gasteiger partial charge >= 0.3 is 5.69 Å². The van der Waals surface area contributed by atoms with Crippen LogP contribution in [0.1, 0.15) is 37.0 Å². The van der Waals surface area contributed by atoms with Crippen molar-refractivity contribution in [2.45, 2.75) is 32.8 Å². The Morgan fingerprint density at radius 3 is 2.47 bits per heavy atom. The molecule has 1 heterocycles. The van der Waals surface area contributed by atoms with Crippen molar-refractivity contribution < 1.29 is 19.2 Å². The van der Waals surface area contributed by atoms with Gasteiger partial charge in [0.1, 0.15) is 0 Å². The lowest BCUT2D eigenvalue weighted by molar-refractivity contribution is -0.386. The van der Waals surface area contributed by atoms with E-state index in [1.54, 1.807) is 35.2 Å². The van der Waals surface area contributed by atoms with Gasteiger partial charge in [-0.25, -0.2) is 0 Å². The zero-order valence-corrected chi connectivity index (χ0v) is 17.0. The van der Waals surface area contributed by atoms with E-state index in [-0.39, 0.29) is 17.3 Å². The molecule has 1 fully saturated rings. The fourth-order valence-electron chi connectivity index (χ4n) is 3.35. The van der Waals surface area contributed by atoms with E-state index in [1.807, 2.05) is 0 Å². The molecule has 1 saturated heterocycles. The Morgan fingerprint density at radius 1 is 1.13 bits per heavy atom. The second kappa shape index (κ2) is 9.39. The minimum absolute atomic E-state index is 0.0111. The molecule has 1 aliphatic heterocycles. The minimum Gasteiger partial charge on any atom is -0.474 e. The molecule has 158 valence electrons. The van der Waals surface area contributed by atoms with Crippen LogP contribution < -0.4 is 10.1 Å². The number of anilines is 1. The Hall–Kier alpha value is -3.42. The van der Waals surface area contributed by atoms with Crippen LogP contribution in [-0.2, 0) is 4.79 Å². The van der Waals surface area contributed by atoms with Gasteiger partial charge in [-0.3, -0.25) is 19.7 Å². The summed E-state index contributed by atoms with van der Waals surface area (Å²) in [5, 5.41) is 13.9. The number of nitro benzene ring substituents is 1. The number of likely N-dealkylation sites (tertiary alicyclic amines) is 1. The third-order valence-corrected chi connectivity index (χ3v) is 5.22. The number of benzene rings is 2. The summed E-state index contributed by atoms with van der Waals surface area (Å²) in [7, 11) is 0. The van der Waals surface area contributed by atoms with Gasteiger partial charge in [-0.05, 0) is 43.9 Å². The molecule has 0 radical (unpaired) electrons. The van der Waals surface area contributed by atoms with Crippen molar-refractivity contribution in [1.29, 1.82) is 0 Å². The van der Waals surface area contributed by atoms with Gasteiger partial charge in [0.25, 0.3) is 11.8 Å². The minimum atomic E-state index is -0.995. The highest BCUT2D eigenvalue weighted by molar-refractivity contribution is 6.04. The molecule has 0 aliphatic carbocycles. The summed E-state index contributed by atoms with van der Waals surface area (Å²) in [5.74, 6) is -0.00766. The van der Waals surface area contributed by atoms with Crippen LogP contribution in [0.25, 0.3) is 0 Å². The normalized spacial score (nSPS) is 15.3. The van der Waals surface area contributed by atoms with Gasteiger partial charge < -0.3 is 15.0 Å². The van der Waals surface area contributed by atoms with Gasteiger partial charge in [0.05, 0.1) is 16.2 Å². The van der Waals surface area contributed by atoms with Crippen LogP contribution in [0, 0.1) is 16.0 Å². The largest absolute Gasteiger partial charge is 0.474 e. The SMILES string of the molecule is CC1CCN(C(=O)c2ccccc2NC(=O)[C@H](C)Oc2ccccc2[N+](=O)[O-])CC1. The Bertz CT molecular complexity index is 938. The average Bonchev–Trinajstić information content (AvgIpc) is 2.74. The maximum Gasteiger partial charge on any atom is 0.310 e. The summed E-state index contributed by atoms with van der Waals surface area (Å²) in [4.78, 5) is 38.0. The highest BCUT2D eigenvalue weighted by atomic mass is 16.6. The summed E-state index contributed by atoms with van der Waals surface area (Å²) in [5.41, 5.74) is 0.592. The molecular formula is C22H25N3O5. The lowest BCUT2D eigenvalue weighted by Gasteiger charge is -2.31. The van der Waals surface area contributed by atoms with Crippen LogP contribution in [0.15, 0.2) is 48.5 Å². The quantitative estimate of drug-likeness (QED) is 0.574. The number of piperidine rings is 1. The first-order chi connectivity index (χ1) is 14.4. The molecule has 2 aromatic rings. The van der Waals surface area contributed by atoms with E-state index in [1.165, 1.54) is 25.1 Å². The second-order valence-electron chi connectivity index (χ2n) is 7.49. The van der Waals surface area contributed by atoms with Crippen LogP contribution in [0.4, 0.5) is 11.4 Å². The first kappa shape index (κ1) is 21.3. The molecule has 0 bridgehead atoms. The zero-order valence-electron chi connectivity index (χ0n) is 17.0. The maximum atomic E-state index is 13.0. The number of para-hydroxylation sites is 3. The van der Waals surface area contributed by atoms with Gasteiger partial charge in [-0.2, -0.15) is 0 Å². The van der Waals surface area contributed by atoms with E-state index in [4.69, 9.17) is 4.74 Å². The molecule has 8 heteroatoms. The van der Waals surface area contributed by atoms with Crippen molar-refractivity contribution >= 4 is 23.2 Å². The van der Waals surface area contributed by atoms with E-state index in [0.717, 1.165) is 12.8 Å². The molecule has 2 aromatic carbocycles. The molecule has 0 saturated carbocycles. The highest BCUT2D eigenvalue weighted by Gasteiger charge is 2.25. The predicted octanol–water partition coefficient (Wildman–Crippen LogP) is 3.87. The Morgan fingerprint density at radius 2 is 1.77 bits per heavy atom. The lowest BCUT2D eigenvalue weighted by Crippen LogP contribution is -2.38. The van der Waals surface area contributed by atoms with Crippen molar-refractivity contribution in [2.75, 3.05) is 18.4 Å². The Balaban J connectivity index is 1.71. The Labute approximate surface area is 175 Å². The van der Waals surface area contributed by atoms with Crippen molar-refractivity contribution in [3.8, 4) is 5.75 Å². The topological polar surface area (TPSA) is 102 Å². The van der Waals surface area contributed by atoms with E-state index in [0.29, 0.717) is 30.3 Å². The van der Waals surface area contributed by atoms with Gasteiger partial charge in [0.2, 0.25) is 0 Å². The van der Waals surface area contributed by atoms with E-state index < -0.39 is 16.9 Å². The number of carbonyl (C=O) groups is 2. The molecule has 1 aliphatic rings. The fourth-order valence-corrected chi connectivity index (χ4v) is 3.35. The van der Waals surface area contributed by atoms with Crippen LogP contribution in [0.5, 0.6) is 5.75 Å². The molecule has 1 N–H and O–H groups in total. The highest BCUT2D eigenvalue weighted by Crippen LogP contribution is 2.27. The van der Waals surface area contributed by atoms with Gasteiger partial charge in [0.15, 0.2) is 11.9 Å².